The topological polar surface area (TPSA) is 32.3 Å². The van der Waals surface area contributed by atoms with E-state index in [4.69, 9.17) is 0 Å². The first-order chi connectivity index (χ1) is 7.27. The fourth-order valence-electron chi connectivity index (χ4n) is 2.36. The second kappa shape index (κ2) is 4.79. The number of amides is 1. The molecule has 1 amide bonds. The Morgan fingerprint density at radius 3 is 3.00 bits per heavy atom. The first kappa shape index (κ1) is 10.7. The van der Waals surface area contributed by atoms with Crippen LogP contribution in [0.15, 0.2) is 12.2 Å². The molecule has 0 radical (unpaired) electrons. The minimum Gasteiger partial charge on any atom is -0.337 e. The third-order valence-electron chi connectivity index (χ3n) is 3.33. The summed E-state index contributed by atoms with van der Waals surface area (Å²) in [6.45, 7) is 4.91. The molecular weight excluding hydrogens is 188 g/mol. The van der Waals surface area contributed by atoms with Crippen LogP contribution in [0, 0.1) is 5.92 Å². The van der Waals surface area contributed by atoms with Crippen molar-refractivity contribution in [2.24, 2.45) is 5.92 Å². The number of carbonyl (C=O) groups excluding carboxylic acids is 1. The fraction of sp³-hybridized carbons (Fsp3) is 0.750. The second-order valence-corrected chi connectivity index (χ2v) is 4.68. The molecule has 15 heavy (non-hydrogen) atoms. The Hall–Kier alpha value is -0.830. The minimum atomic E-state index is 0.0697. The van der Waals surface area contributed by atoms with Gasteiger partial charge in [-0.2, -0.15) is 0 Å². The maximum Gasteiger partial charge on any atom is 0.240 e. The molecule has 0 bridgehead atoms. The lowest BCUT2D eigenvalue weighted by atomic mass is 9.93. The number of nitrogens with one attached hydrogen (secondary N) is 1. The van der Waals surface area contributed by atoms with Crippen molar-refractivity contribution in [3.8, 4) is 0 Å². The second-order valence-electron chi connectivity index (χ2n) is 4.68. The van der Waals surface area contributed by atoms with Gasteiger partial charge in [0.15, 0.2) is 0 Å². The van der Waals surface area contributed by atoms with E-state index in [9.17, 15) is 4.79 Å². The zero-order valence-electron chi connectivity index (χ0n) is 9.41. The van der Waals surface area contributed by atoms with Gasteiger partial charge >= 0.3 is 0 Å². The van der Waals surface area contributed by atoms with Gasteiger partial charge in [0.2, 0.25) is 5.91 Å². The van der Waals surface area contributed by atoms with Crippen LogP contribution in [0.5, 0.6) is 0 Å². The van der Waals surface area contributed by atoms with Crippen LogP contribution in [0.2, 0.25) is 0 Å². The van der Waals surface area contributed by atoms with Gasteiger partial charge in [0.05, 0.1) is 6.04 Å². The van der Waals surface area contributed by atoms with Gasteiger partial charge in [-0.05, 0) is 31.7 Å². The van der Waals surface area contributed by atoms with Crippen LogP contribution in [-0.4, -0.2) is 36.5 Å². The summed E-state index contributed by atoms with van der Waals surface area (Å²) in [5.41, 5.74) is 0. The van der Waals surface area contributed by atoms with Crippen LogP contribution < -0.4 is 5.32 Å². The van der Waals surface area contributed by atoms with Crippen LogP contribution in [0.3, 0.4) is 0 Å². The molecule has 0 aromatic rings. The maximum atomic E-state index is 12.1. The quantitative estimate of drug-likeness (QED) is 0.656. The van der Waals surface area contributed by atoms with E-state index in [0.29, 0.717) is 11.8 Å². The molecule has 2 heterocycles. The Morgan fingerprint density at radius 1 is 1.47 bits per heavy atom. The number of rotatable bonds is 1. The predicted octanol–water partition coefficient (Wildman–Crippen LogP) is 1.16. The summed E-state index contributed by atoms with van der Waals surface area (Å²) in [5, 5.41) is 3.33. The summed E-state index contributed by atoms with van der Waals surface area (Å²) < 4.78 is 0. The van der Waals surface area contributed by atoms with E-state index in [0.717, 1.165) is 32.5 Å². The van der Waals surface area contributed by atoms with E-state index in [-0.39, 0.29) is 6.04 Å². The summed E-state index contributed by atoms with van der Waals surface area (Å²) >= 11 is 0. The lowest BCUT2D eigenvalue weighted by molar-refractivity contribution is -0.134. The highest BCUT2D eigenvalue weighted by Gasteiger charge is 2.28. The fourth-order valence-corrected chi connectivity index (χ4v) is 2.36. The summed E-state index contributed by atoms with van der Waals surface area (Å²) in [6, 6.07) is 0.0697. The molecular formula is C12H20N2O. The SMILES string of the molecule is CC1CCNC(C(=O)N2CC=CCC2)C1. The van der Waals surface area contributed by atoms with Gasteiger partial charge in [0, 0.05) is 13.1 Å². The summed E-state index contributed by atoms with van der Waals surface area (Å²) in [7, 11) is 0. The first-order valence-corrected chi connectivity index (χ1v) is 5.94. The largest absolute Gasteiger partial charge is 0.337 e. The number of hydrogen-bond donors (Lipinski definition) is 1. The molecule has 1 fully saturated rings. The molecule has 0 saturated carbocycles. The van der Waals surface area contributed by atoms with E-state index in [1.807, 2.05) is 4.90 Å². The number of hydrogen-bond acceptors (Lipinski definition) is 2. The average molecular weight is 208 g/mol. The first-order valence-electron chi connectivity index (χ1n) is 5.94. The number of carbonyl (C=O) groups is 1. The molecule has 2 unspecified atom stereocenters. The van der Waals surface area contributed by atoms with Crippen molar-refractivity contribution >= 4 is 5.91 Å². The monoisotopic (exact) mass is 208 g/mol. The van der Waals surface area contributed by atoms with Crippen LogP contribution >= 0.6 is 0 Å². The van der Waals surface area contributed by atoms with Crippen molar-refractivity contribution in [2.45, 2.75) is 32.2 Å². The Kier molecular flexibility index (Phi) is 3.41. The lowest BCUT2D eigenvalue weighted by Crippen LogP contribution is -2.50. The van der Waals surface area contributed by atoms with Crippen molar-refractivity contribution in [3.05, 3.63) is 12.2 Å². The smallest absolute Gasteiger partial charge is 0.240 e. The van der Waals surface area contributed by atoms with Crippen molar-refractivity contribution in [2.75, 3.05) is 19.6 Å². The molecule has 2 atom stereocenters. The van der Waals surface area contributed by atoms with Crippen LogP contribution in [0.25, 0.3) is 0 Å². The summed E-state index contributed by atoms with van der Waals surface area (Å²) in [5.74, 6) is 0.978. The molecule has 3 nitrogen and oxygen atoms in total. The van der Waals surface area contributed by atoms with Crippen molar-refractivity contribution in [1.82, 2.24) is 10.2 Å². The van der Waals surface area contributed by atoms with Crippen LogP contribution in [0.1, 0.15) is 26.2 Å². The predicted molar refractivity (Wildman–Crippen MR) is 60.5 cm³/mol. The van der Waals surface area contributed by atoms with Crippen LogP contribution in [0.4, 0.5) is 0 Å². The van der Waals surface area contributed by atoms with E-state index < -0.39 is 0 Å². The average Bonchev–Trinajstić information content (AvgIpc) is 2.29. The van der Waals surface area contributed by atoms with E-state index in [2.05, 4.69) is 24.4 Å². The Morgan fingerprint density at radius 2 is 2.33 bits per heavy atom. The van der Waals surface area contributed by atoms with Gasteiger partial charge in [-0.3, -0.25) is 4.79 Å². The molecule has 0 aromatic heterocycles. The van der Waals surface area contributed by atoms with E-state index in [1.54, 1.807) is 0 Å². The molecule has 2 aliphatic heterocycles. The zero-order chi connectivity index (χ0) is 10.7. The van der Waals surface area contributed by atoms with Gasteiger partial charge in [0.1, 0.15) is 0 Å². The highest BCUT2D eigenvalue weighted by Crippen LogP contribution is 2.17. The molecule has 1 saturated heterocycles. The number of nitrogens with zero attached hydrogens (tertiary/aromatic N) is 1. The molecule has 1 N–H and O–H groups in total. The summed E-state index contributed by atoms with van der Waals surface area (Å²) in [4.78, 5) is 14.1. The minimum absolute atomic E-state index is 0.0697. The Bertz CT molecular complexity index is 262. The molecule has 2 aliphatic rings. The number of piperidine rings is 1. The third kappa shape index (κ3) is 2.59. The van der Waals surface area contributed by atoms with Crippen molar-refractivity contribution in [1.29, 1.82) is 0 Å². The maximum absolute atomic E-state index is 12.1. The molecule has 0 aliphatic carbocycles. The molecule has 3 heteroatoms. The van der Waals surface area contributed by atoms with Gasteiger partial charge in [-0.25, -0.2) is 0 Å². The molecule has 0 spiro atoms. The van der Waals surface area contributed by atoms with E-state index in [1.165, 1.54) is 6.42 Å². The van der Waals surface area contributed by atoms with Crippen molar-refractivity contribution < 1.29 is 4.79 Å². The van der Waals surface area contributed by atoms with Crippen molar-refractivity contribution in [3.63, 3.8) is 0 Å². The molecule has 2 rings (SSSR count). The standard InChI is InChI=1S/C12H20N2O/c1-10-5-6-13-11(9-10)12(15)14-7-3-2-4-8-14/h2-3,10-11,13H,4-9H2,1H3. The highest BCUT2D eigenvalue weighted by molar-refractivity contribution is 5.82. The third-order valence-corrected chi connectivity index (χ3v) is 3.33. The lowest BCUT2D eigenvalue weighted by Gasteiger charge is -2.32. The van der Waals surface area contributed by atoms with Crippen LogP contribution in [-0.2, 0) is 4.79 Å². The molecule has 84 valence electrons. The summed E-state index contributed by atoms with van der Waals surface area (Å²) in [6.07, 6.45) is 7.45. The zero-order valence-corrected chi connectivity index (χ0v) is 9.41. The van der Waals surface area contributed by atoms with Gasteiger partial charge < -0.3 is 10.2 Å². The van der Waals surface area contributed by atoms with Gasteiger partial charge in [-0.15, -0.1) is 0 Å². The highest BCUT2D eigenvalue weighted by atomic mass is 16.2. The van der Waals surface area contributed by atoms with E-state index >= 15 is 0 Å². The Labute approximate surface area is 91.5 Å². The Balaban J connectivity index is 1.91. The normalized spacial score (nSPS) is 31.7. The van der Waals surface area contributed by atoms with Gasteiger partial charge in [0.25, 0.3) is 0 Å². The van der Waals surface area contributed by atoms with Gasteiger partial charge in [-0.1, -0.05) is 19.1 Å². The molecule has 0 aromatic carbocycles.